The molecule has 1 saturated heterocycles. The van der Waals surface area contributed by atoms with Crippen LogP contribution in [0.2, 0.25) is 0 Å². The Morgan fingerprint density at radius 1 is 1.05 bits per heavy atom. The van der Waals surface area contributed by atoms with Gasteiger partial charge in [-0.3, -0.25) is 14.0 Å². The maximum Gasteiger partial charge on any atom is 0.268 e. The first-order valence-electron chi connectivity index (χ1n) is 13.5. The van der Waals surface area contributed by atoms with Crippen molar-refractivity contribution in [2.75, 3.05) is 13.1 Å². The maximum absolute atomic E-state index is 13.8. The molecule has 0 bridgehead atoms. The molecule has 204 valence electrons. The highest BCUT2D eigenvalue weighted by atomic mass is 32.1. The second-order valence-corrected chi connectivity index (χ2v) is 11.3. The van der Waals surface area contributed by atoms with E-state index >= 15 is 0 Å². The minimum absolute atomic E-state index is 0.0260. The number of likely N-dealkylation sites (tertiary alicyclic amines) is 1. The number of amides is 1. The lowest BCUT2D eigenvalue weighted by molar-refractivity contribution is -0.131. The second-order valence-electron chi connectivity index (χ2n) is 10.5. The number of piperidine rings is 1. The Hall–Kier alpha value is -4.11. The molecule has 40 heavy (non-hydrogen) atoms. The number of halogens is 1. The van der Waals surface area contributed by atoms with Crippen LogP contribution in [0, 0.1) is 25.6 Å². The number of nitrogens with zero attached hydrogens (tertiary/aromatic N) is 5. The van der Waals surface area contributed by atoms with Crippen molar-refractivity contribution in [3.05, 3.63) is 105 Å². The molecule has 4 heterocycles. The van der Waals surface area contributed by atoms with Gasteiger partial charge in [-0.05, 0) is 68.9 Å². The molecule has 0 atom stereocenters. The molecule has 3 aromatic heterocycles. The largest absolute Gasteiger partial charge is 0.342 e. The molecule has 6 rings (SSSR count). The monoisotopic (exact) mass is 555 g/mol. The summed E-state index contributed by atoms with van der Waals surface area (Å²) in [6.07, 6.45) is 3.13. The number of rotatable bonds is 6. The summed E-state index contributed by atoms with van der Waals surface area (Å²) < 4.78 is 17.0. The molecule has 0 aliphatic carbocycles. The number of aryl methyl sites for hydroxylation is 2. The van der Waals surface area contributed by atoms with Gasteiger partial charge in [0, 0.05) is 29.9 Å². The fourth-order valence-corrected chi connectivity index (χ4v) is 6.52. The Kier molecular flexibility index (Phi) is 7.06. The van der Waals surface area contributed by atoms with Crippen LogP contribution in [-0.4, -0.2) is 43.1 Å². The Balaban J connectivity index is 1.23. The predicted octanol–water partition coefficient (Wildman–Crippen LogP) is 5.39. The smallest absolute Gasteiger partial charge is 0.268 e. The first-order chi connectivity index (χ1) is 19.4. The quantitative estimate of drug-likeness (QED) is 0.282. The molecule has 0 spiro atoms. The molecule has 0 unspecified atom stereocenters. The van der Waals surface area contributed by atoms with Crippen LogP contribution in [0.15, 0.2) is 70.8 Å². The molecule has 7 nitrogen and oxygen atoms in total. The van der Waals surface area contributed by atoms with Gasteiger partial charge in [0.2, 0.25) is 5.91 Å². The summed E-state index contributed by atoms with van der Waals surface area (Å²) in [5.74, 6) is 0.237. The van der Waals surface area contributed by atoms with Gasteiger partial charge in [-0.15, -0.1) is 11.3 Å². The molecule has 0 N–H and O–H groups in total. The minimum atomic E-state index is -0.360. The van der Waals surface area contributed by atoms with Crippen molar-refractivity contribution in [3.8, 4) is 16.9 Å². The van der Waals surface area contributed by atoms with Crippen molar-refractivity contribution in [2.45, 2.75) is 39.5 Å². The number of carbonyl (C=O) groups excluding carboxylic acids is 1. The first kappa shape index (κ1) is 26.1. The fraction of sp³-hybridized carbons (Fsp3) is 0.290. The van der Waals surface area contributed by atoms with Crippen LogP contribution in [-0.2, 0) is 17.6 Å². The van der Waals surface area contributed by atoms with Gasteiger partial charge in [-0.2, -0.15) is 5.10 Å². The second kappa shape index (κ2) is 10.8. The van der Waals surface area contributed by atoms with Gasteiger partial charge < -0.3 is 4.90 Å². The van der Waals surface area contributed by atoms with E-state index in [1.807, 2.05) is 23.3 Å². The molecule has 1 fully saturated rings. The zero-order valence-electron chi connectivity index (χ0n) is 22.5. The molecule has 9 heteroatoms. The van der Waals surface area contributed by atoms with Crippen molar-refractivity contribution < 1.29 is 9.18 Å². The number of carbonyl (C=O) groups is 1. The third kappa shape index (κ3) is 5.09. The average Bonchev–Trinajstić information content (AvgIpc) is 3.52. The Morgan fingerprint density at radius 2 is 1.82 bits per heavy atom. The lowest BCUT2D eigenvalue weighted by Gasteiger charge is -2.32. The van der Waals surface area contributed by atoms with Gasteiger partial charge in [0.15, 0.2) is 4.96 Å². The molecule has 1 aliphatic heterocycles. The van der Waals surface area contributed by atoms with Crippen LogP contribution >= 0.6 is 11.3 Å². The van der Waals surface area contributed by atoms with E-state index in [1.54, 1.807) is 34.2 Å². The molecule has 1 aliphatic rings. The SMILES string of the molecule is Cc1nc2scc(CC(=O)N3CCC(Cc4ccccc4)CC3)n2c(=O)c1-c1cc(C)n(-c2cccc(F)c2)n1. The zero-order valence-corrected chi connectivity index (χ0v) is 23.3. The lowest BCUT2D eigenvalue weighted by atomic mass is 9.90. The summed E-state index contributed by atoms with van der Waals surface area (Å²) >= 11 is 1.36. The van der Waals surface area contributed by atoms with E-state index in [0.717, 1.165) is 38.0 Å². The van der Waals surface area contributed by atoms with Crippen molar-refractivity contribution in [2.24, 2.45) is 5.92 Å². The summed E-state index contributed by atoms with van der Waals surface area (Å²) in [7, 11) is 0. The number of hydrogen-bond donors (Lipinski definition) is 0. The van der Waals surface area contributed by atoms with E-state index in [1.165, 1.54) is 29.0 Å². The van der Waals surface area contributed by atoms with Gasteiger partial charge >= 0.3 is 0 Å². The van der Waals surface area contributed by atoms with E-state index in [9.17, 15) is 14.0 Å². The first-order valence-corrected chi connectivity index (χ1v) is 14.4. The van der Waals surface area contributed by atoms with E-state index in [0.29, 0.717) is 39.2 Å². The lowest BCUT2D eigenvalue weighted by Crippen LogP contribution is -2.40. The Labute approximate surface area is 235 Å². The number of fused-ring (bicyclic) bond motifs is 1. The van der Waals surface area contributed by atoms with Crippen LogP contribution in [0.1, 0.15) is 35.5 Å². The molecule has 1 amide bonds. The van der Waals surface area contributed by atoms with Gasteiger partial charge in [0.05, 0.1) is 23.4 Å². The van der Waals surface area contributed by atoms with E-state index < -0.39 is 0 Å². The zero-order chi connectivity index (χ0) is 27.8. The van der Waals surface area contributed by atoms with Gasteiger partial charge in [0.1, 0.15) is 11.5 Å². The maximum atomic E-state index is 13.8. The van der Waals surface area contributed by atoms with Crippen LogP contribution in [0.5, 0.6) is 0 Å². The average molecular weight is 556 g/mol. The molecular formula is C31H30FN5O2S. The molecule has 5 aromatic rings. The Bertz CT molecular complexity index is 1750. The third-order valence-electron chi connectivity index (χ3n) is 7.68. The molecule has 2 aromatic carbocycles. The minimum Gasteiger partial charge on any atom is -0.342 e. The van der Waals surface area contributed by atoms with Crippen molar-refractivity contribution in [3.63, 3.8) is 0 Å². The normalized spacial score (nSPS) is 14.2. The predicted molar refractivity (Wildman–Crippen MR) is 154 cm³/mol. The highest BCUT2D eigenvalue weighted by Gasteiger charge is 2.25. The number of aromatic nitrogens is 4. The van der Waals surface area contributed by atoms with E-state index in [2.05, 4.69) is 34.3 Å². The van der Waals surface area contributed by atoms with Crippen LogP contribution in [0.4, 0.5) is 4.39 Å². The van der Waals surface area contributed by atoms with Crippen LogP contribution in [0.3, 0.4) is 0 Å². The van der Waals surface area contributed by atoms with Crippen molar-refractivity contribution in [1.82, 2.24) is 24.1 Å². The number of benzene rings is 2. The highest BCUT2D eigenvalue weighted by molar-refractivity contribution is 7.15. The number of thiazole rings is 1. The summed E-state index contributed by atoms with van der Waals surface area (Å²) in [5.41, 5.74) is 4.47. The highest BCUT2D eigenvalue weighted by Crippen LogP contribution is 2.25. The summed E-state index contributed by atoms with van der Waals surface area (Å²) in [6, 6.07) is 18.5. The summed E-state index contributed by atoms with van der Waals surface area (Å²) in [5, 5.41) is 6.48. The topological polar surface area (TPSA) is 72.5 Å². The Morgan fingerprint density at radius 3 is 2.58 bits per heavy atom. The van der Waals surface area contributed by atoms with E-state index in [4.69, 9.17) is 0 Å². The number of hydrogen-bond acceptors (Lipinski definition) is 5. The van der Waals surface area contributed by atoms with E-state index in [-0.39, 0.29) is 23.7 Å². The molecular weight excluding hydrogens is 525 g/mol. The van der Waals surface area contributed by atoms with Gasteiger partial charge in [-0.1, -0.05) is 36.4 Å². The van der Waals surface area contributed by atoms with Crippen molar-refractivity contribution in [1.29, 1.82) is 0 Å². The van der Waals surface area contributed by atoms with Crippen molar-refractivity contribution >= 4 is 22.2 Å². The fourth-order valence-electron chi connectivity index (χ4n) is 5.59. The third-order valence-corrected chi connectivity index (χ3v) is 8.56. The molecule has 0 radical (unpaired) electrons. The van der Waals surface area contributed by atoms with Gasteiger partial charge in [0.25, 0.3) is 5.56 Å². The van der Waals surface area contributed by atoms with Gasteiger partial charge in [-0.25, -0.2) is 14.1 Å². The van der Waals surface area contributed by atoms with Crippen LogP contribution in [0.25, 0.3) is 21.9 Å². The standard InChI is InChI=1S/C31H30FN5O2S/c1-20-15-27(34-37(20)25-10-6-9-24(32)17-25)29-21(2)33-31-36(30(29)39)26(19-40-31)18-28(38)35-13-11-23(12-14-35)16-22-7-4-3-5-8-22/h3-10,15,17,19,23H,11-14,16,18H2,1-2H3. The van der Waals surface area contributed by atoms with Crippen LogP contribution < -0.4 is 5.56 Å². The summed E-state index contributed by atoms with van der Waals surface area (Å²) in [6.45, 7) is 5.11. The molecule has 0 saturated carbocycles. The summed E-state index contributed by atoms with van der Waals surface area (Å²) in [4.78, 5) is 34.2.